The molecule has 0 aromatic carbocycles. The second-order valence-corrected chi connectivity index (χ2v) is 8.10. The monoisotopic (exact) mass is 425 g/mol. The fourth-order valence-corrected chi connectivity index (χ4v) is 3.35. The molecule has 6 heteroatoms. The van der Waals surface area contributed by atoms with Crippen molar-refractivity contribution in [3.8, 4) is 0 Å². The van der Waals surface area contributed by atoms with Gasteiger partial charge in [-0.3, -0.25) is 9.59 Å². The fourth-order valence-electron chi connectivity index (χ4n) is 3.35. The summed E-state index contributed by atoms with van der Waals surface area (Å²) in [6, 6.07) is -1.35. The minimum Gasteiger partial charge on any atom is -0.481 e. The summed E-state index contributed by atoms with van der Waals surface area (Å²) in [4.78, 5) is 33.3. The van der Waals surface area contributed by atoms with E-state index < -0.39 is 30.3 Å². The molecule has 0 saturated heterocycles. The summed E-state index contributed by atoms with van der Waals surface area (Å²) in [5, 5.41) is 19.8. The zero-order valence-electron chi connectivity index (χ0n) is 18.9. The maximum absolute atomic E-state index is 11.7. The van der Waals surface area contributed by atoms with Crippen LogP contribution in [0.3, 0.4) is 0 Å². The Morgan fingerprint density at radius 2 is 1.20 bits per heavy atom. The molecule has 0 aromatic rings. The Labute approximate surface area is 182 Å². The number of allylic oxidation sites excluding steroid dienone is 2. The summed E-state index contributed by atoms with van der Waals surface area (Å²) in [5.74, 6) is -2.95. The van der Waals surface area contributed by atoms with Crippen molar-refractivity contribution < 1.29 is 24.6 Å². The van der Waals surface area contributed by atoms with Crippen LogP contribution in [0.25, 0.3) is 0 Å². The van der Waals surface area contributed by atoms with Crippen LogP contribution in [0.4, 0.5) is 0 Å². The topological polar surface area (TPSA) is 104 Å². The number of carboxylic acids is 2. The molecule has 0 rings (SSSR count). The van der Waals surface area contributed by atoms with E-state index in [9.17, 15) is 14.4 Å². The number of hydrogen-bond acceptors (Lipinski definition) is 3. The molecule has 0 aliphatic rings. The number of amides is 1. The number of rotatable bonds is 21. The van der Waals surface area contributed by atoms with Gasteiger partial charge in [-0.25, -0.2) is 4.79 Å². The average molecular weight is 426 g/mol. The van der Waals surface area contributed by atoms with Gasteiger partial charge >= 0.3 is 11.9 Å². The van der Waals surface area contributed by atoms with Gasteiger partial charge in [0.25, 0.3) is 0 Å². The predicted octanol–water partition coefficient (Wildman–Crippen LogP) is 5.85. The highest BCUT2D eigenvalue weighted by atomic mass is 16.4. The van der Waals surface area contributed by atoms with Crippen molar-refractivity contribution in [3.05, 3.63) is 12.2 Å². The fraction of sp³-hybridized carbons (Fsp3) is 0.792. The Balaban J connectivity index is 3.45. The second-order valence-electron chi connectivity index (χ2n) is 8.10. The zero-order valence-corrected chi connectivity index (χ0v) is 18.9. The first-order chi connectivity index (χ1) is 14.5. The van der Waals surface area contributed by atoms with Crippen molar-refractivity contribution >= 4 is 17.8 Å². The largest absolute Gasteiger partial charge is 0.481 e. The summed E-state index contributed by atoms with van der Waals surface area (Å²) < 4.78 is 0. The zero-order chi connectivity index (χ0) is 22.5. The van der Waals surface area contributed by atoms with Crippen LogP contribution in [-0.2, 0) is 14.4 Å². The third-order valence-corrected chi connectivity index (χ3v) is 5.18. The van der Waals surface area contributed by atoms with Gasteiger partial charge < -0.3 is 15.5 Å². The number of carboxylic acid groups (broad SMARTS) is 2. The highest BCUT2D eigenvalue weighted by Crippen LogP contribution is 2.11. The highest BCUT2D eigenvalue weighted by molar-refractivity contribution is 5.86. The molecule has 0 aliphatic carbocycles. The Kier molecular flexibility index (Phi) is 19.2. The molecule has 0 unspecified atom stereocenters. The van der Waals surface area contributed by atoms with E-state index in [-0.39, 0.29) is 6.42 Å². The molecule has 0 aromatic heterocycles. The number of aliphatic carboxylic acids is 2. The predicted molar refractivity (Wildman–Crippen MR) is 121 cm³/mol. The van der Waals surface area contributed by atoms with E-state index in [1.807, 2.05) is 0 Å². The first kappa shape index (κ1) is 28.1. The molecule has 0 spiro atoms. The third kappa shape index (κ3) is 19.5. The van der Waals surface area contributed by atoms with Crippen LogP contribution < -0.4 is 5.32 Å². The Hall–Kier alpha value is -1.85. The standard InChI is InChI=1S/C24H43NO5/c1-2-3-4-5-6-7-8-9-10-11-12-13-14-15-16-17-18-19-22(26)25-21(24(29)30)20-23(27)28/h9-10,21H,2-8,11-20H2,1H3,(H,25,26)(H,27,28)(H,29,30)/b10-9-/t21-/m0/s1. The molecule has 174 valence electrons. The molecule has 1 atom stereocenters. The van der Waals surface area contributed by atoms with Gasteiger partial charge in [0, 0.05) is 6.42 Å². The van der Waals surface area contributed by atoms with Crippen LogP contribution in [0.1, 0.15) is 116 Å². The number of unbranched alkanes of at least 4 members (excludes halogenated alkanes) is 13. The first-order valence-corrected chi connectivity index (χ1v) is 11.9. The van der Waals surface area contributed by atoms with E-state index in [1.165, 1.54) is 64.2 Å². The van der Waals surface area contributed by atoms with Gasteiger partial charge in [-0.2, -0.15) is 0 Å². The highest BCUT2D eigenvalue weighted by Gasteiger charge is 2.22. The minimum atomic E-state index is -1.35. The Bertz CT molecular complexity index is 490. The maximum atomic E-state index is 11.7. The third-order valence-electron chi connectivity index (χ3n) is 5.18. The summed E-state index contributed by atoms with van der Waals surface area (Å²) in [6.07, 6.45) is 22.3. The molecule has 6 nitrogen and oxygen atoms in total. The molecule has 0 fully saturated rings. The Morgan fingerprint density at radius 1 is 0.733 bits per heavy atom. The van der Waals surface area contributed by atoms with Crippen LogP contribution in [0.15, 0.2) is 12.2 Å². The summed E-state index contributed by atoms with van der Waals surface area (Å²) in [7, 11) is 0. The molecule has 0 heterocycles. The molecule has 0 saturated carbocycles. The lowest BCUT2D eigenvalue weighted by Crippen LogP contribution is -2.42. The summed E-state index contributed by atoms with van der Waals surface area (Å²) in [5.41, 5.74) is 0. The molecule has 0 aliphatic heterocycles. The molecule has 1 amide bonds. The number of hydrogen-bond donors (Lipinski definition) is 3. The lowest BCUT2D eigenvalue weighted by molar-refractivity contribution is -0.147. The van der Waals surface area contributed by atoms with Crippen LogP contribution in [0, 0.1) is 0 Å². The summed E-state index contributed by atoms with van der Waals surface area (Å²) in [6.45, 7) is 2.25. The van der Waals surface area contributed by atoms with Crippen LogP contribution >= 0.6 is 0 Å². The van der Waals surface area contributed by atoms with Crippen molar-refractivity contribution in [1.82, 2.24) is 5.32 Å². The van der Waals surface area contributed by atoms with E-state index in [0.717, 1.165) is 25.7 Å². The molecule has 3 N–H and O–H groups in total. The lowest BCUT2D eigenvalue weighted by Gasteiger charge is -2.12. The van der Waals surface area contributed by atoms with Crippen LogP contribution in [0.5, 0.6) is 0 Å². The van der Waals surface area contributed by atoms with Gasteiger partial charge in [0.1, 0.15) is 6.04 Å². The number of nitrogens with one attached hydrogen (secondary N) is 1. The molecule has 30 heavy (non-hydrogen) atoms. The lowest BCUT2D eigenvalue weighted by atomic mass is 10.1. The molecular formula is C24H43NO5. The van der Waals surface area contributed by atoms with E-state index in [4.69, 9.17) is 10.2 Å². The van der Waals surface area contributed by atoms with Crippen molar-refractivity contribution in [3.63, 3.8) is 0 Å². The molecular weight excluding hydrogens is 382 g/mol. The van der Waals surface area contributed by atoms with Gasteiger partial charge in [-0.05, 0) is 32.1 Å². The minimum absolute atomic E-state index is 0.243. The van der Waals surface area contributed by atoms with Gasteiger partial charge in [0.15, 0.2) is 0 Å². The molecule has 0 radical (unpaired) electrons. The second kappa shape index (κ2) is 20.4. The quantitative estimate of drug-likeness (QED) is 0.158. The SMILES string of the molecule is CCCCCCCC/C=C\CCCCCCCCCC(=O)N[C@@H](CC(=O)O)C(=O)O. The van der Waals surface area contributed by atoms with E-state index in [2.05, 4.69) is 24.4 Å². The van der Waals surface area contributed by atoms with Crippen molar-refractivity contribution in [1.29, 1.82) is 0 Å². The molecule has 0 bridgehead atoms. The Morgan fingerprint density at radius 3 is 1.67 bits per heavy atom. The van der Waals surface area contributed by atoms with Crippen LogP contribution in [-0.4, -0.2) is 34.1 Å². The number of carbonyl (C=O) groups excluding carboxylic acids is 1. The van der Waals surface area contributed by atoms with Gasteiger partial charge in [-0.15, -0.1) is 0 Å². The van der Waals surface area contributed by atoms with Gasteiger partial charge in [0.05, 0.1) is 6.42 Å². The average Bonchev–Trinajstić information content (AvgIpc) is 2.69. The van der Waals surface area contributed by atoms with Gasteiger partial charge in [0.2, 0.25) is 5.91 Å². The van der Waals surface area contributed by atoms with Crippen molar-refractivity contribution in [2.24, 2.45) is 0 Å². The van der Waals surface area contributed by atoms with E-state index in [1.54, 1.807) is 0 Å². The summed E-state index contributed by atoms with van der Waals surface area (Å²) >= 11 is 0. The van der Waals surface area contributed by atoms with E-state index >= 15 is 0 Å². The maximum Gasteiger partial charge on any atom is 0.326 e. The smallest absolute Gasteiger partial charge is 0.326 e. The number of carbonyl (C=O) groups is 3. The van der Waals surface area contributed by atoms with Crippen molar-refractivity contribution in [2.75, 3.05) is 0 Å². The van der Waals surface area contributed by atoms with Gasteiger partial charge in [-0.1, -0.05) is 83.3 Å². The van der Waals surface area contributed by atoms with E-state index in [0.29, 0.717) is 6.42 Å². The normalized spacial score (nSPS) is 12.2. The first-order valence-electron chi connectivity index (χ1n) is 11.9. The van der Waals surface area contributed by atoms with Crippen molar-refractivity contribution in [2.45, 2.75) is 122 Å². The van der Waals surface area contributed by atoms with Crippen LogP contribution in [0.2, 0.25) is 0 Å².